The molecule has 0 unspecified atom stereocenters. The van der Waals surface area contributed by atoms with E-state index in [2.05, 4.69) is 21.0 Å². The highest BCUT2D eigenvalue weighted by Gasteiger charge is 2.31. The summed E-state index contributed by atoms with van der Waals surface area (Å²) in [5.74, 6) is 0.192. The van der Waals surface area contributed by atoms with Crippen LogP contribution in [0.1, 0.15) is 24.0 Å². The predicted octanol–water partition coefficient (Wildman–Crippen LogP) is 1.06. The van der Waals surface area contributed by atoms with Crippen LogP contribution in [0.25, 0.3) is 0 Å². The van der Waals surface area contributed by atoms with Gasteiger partial charge in [0, 0.05) is 44.3 Å². The van der Waals surface area contributed by atoms with Crippen LogP contribution in [0, 0.1) is 0 Å². The fourth-order valence-electron chi connectivity index (χ4n) is 2.93. The van der Waals surface area contributed by atoms with E-state index in [9.17, 15) is 0 Å². The second-order valence-corrected chi connectivity index (χ2v) is 5.69. The summed E-state index contributed by atoms with van der Waals surface area (Å²) in [6.45, 7) is 5.39. The first-order valence-corrected chi connectivity index (χ1v) is 7.30. The van der Waals surface area contributed by atoms with Crippen molar-refractivity contribution in [1.82, 2.24) is 9.80 Å². The van der Waals surface area contributed by atoms with Gasteiger partial charge in [-0.3, -0.25) is 9.80 Å². The molecule has 1 aliphatic carbocycles. The van der Waals surface area contributed by atoms with Crippen LogP contribution in [0.2, 0.25) is 0 Å². The molecule has 108 valence electrons. The molecule has 0 bridgehead atoms. The Morgan fingerprint density at radius 3 is 2.55 bits per heavy atom. The molecule has 1 aromatic carbocycles. The maximum absolute atomic E-state index is 8.86. The third-order valence-electron chi connectivity index (χ3n) is 4.27. The van der Waals surface area contributed by atoms with E-state index < -0.39 is 0 Å². The average Bonchev–Trinajstić information content (AvgIpc) is 3.32. The Kier molecular flexibility index (Phi) is 3.89. The number of nitrogens with zero attached hydrogens (tertiary/aromatic N) is 3. The zero-order chi connectivity index (χ0) is 13.9. The first kappa shape index (κ1) is 13.4. The summed E-state index contributed by atoms with van der Waals surface area (Å²) in [6.07, 6.45) is 2.76. The van der Waals surface area contributed by atoms with Crippen molar-refractivity contribution < 1.29 is 5.21 Å². The zero-order valence-corrected chi connectivity index (χ0v) is 11.7. The molecule has 2 fully saturated rings. The normalized spacial score (nSPS) is 22.1. The van der Waals surface area contributed by atoms with Crippen molar-refractivity contribution in [2.75, 3.05) is 26.2 Å². The quantitative estimate of drug-likeness (QED) is 0.373. The molecule has 5 nitrogen and oxygen atoms in total. The fraction of sp³-hybridized carbons (Fsp3) is 0.533. The van der Waals surface area contributed by atoms with Crippen LogP contribution in [0.4, 0.5) is 0 Å². The molecule has 2 aliphatic rings. The van der Waals surface area contributed by atoms with Gasteiger partial charge >= 0.3 is 0 Å². The van der Waals surface area contributed by atoms with E-state index in [0.717, 1.165) is 49.9 Å². The summed E-state index contributed by atoms with van der Waals surface area (Å²) in [7, 11) is 0. The second kappa shape index (κ2) is 5.81. The summed E-state index contributed by atoms with van der Waals surface area (Å²) >= 11 is 0. The highest BCUT2D eigenvalue weighted by atomic mass is 16.4. The summed E-state index contributed by atoms with van der Waals surface area (Å²) in [6, 6.07) is 8.75. The van der Waals surface area contributed by atoms with Gasteiger partial charge in [0.15, 0.2) is 5.84 Å². The van der Waals surface area contributed by atoms with E-state index in [4.69, 9.17) is 10.9 Å². The van der Waals surface area contributed by atoms with E-state index in [1.165, 1.54) is 12.8 Å². The SMILES string of the molecule is NC(=NO)c1ccccc1CN1CCN(C2CC2)CC1. The van der Waals surface area contributed by atoms with E-state index in [1.54, 1.807) is 0 Å². The second-order valence-electron chi connectivity index (χ2n) is 5.69. The van der Waals surface area contributed by atoms with Crippen molar-refractivity contribution in [3.8, 4) is 0 Å². The van der Waals surface area contributed by atoms with Crippen LogP contribution >= 0.6 is 0 Å². The molecule has 1 saturated carbocycles. The monoisotopic (exact) mass is 274 g/mol. The Hall–Kier alpha value is -1.59. The zero-order valence-electron chi connectivity index (χ0n) is 11.7. The smallest absolute Gasteiger partial charge is 0.170 e. The highest BCUT2D eigenvalue weighted by Crippen LogP contribution is 2.27. The van der Waals surface area contributed by atoms with Crippen molar-refractivity contribution >= 4 is 5.84 Å². The van der Waals surface area contributed by atoms with Gasteiger partial charge in [-0.25, -0.2) is 0 Å². The summed E-state index contributed by atoms with van der Waals surface area (Å²) < 4.78 is 0. The minimum absolute atomic E-state index is 0.192. The van der Waals surface area contributed by atoms with Crippen LogP contribution in [-0.2, 0) is 6.54 Å². The van der Waals surface area contributed by atoms with Crippen LogP contribution in [0.5, 0.6) is 0 Å². The molecule has 20 heavy (non-hydrogen) atoms. The first-order valence-electron chi connectivity index (χ1n) is 7.30. The molecule has 1 aromatic rings. The van der Waals surface area contributed by atoms with Crippen molar-refractivity contribution in [2.24, 2.45) is 10.9 Å². The molecule has 3 rings (SSSR count). The predicted molar refractivity (Wildman–Crippen MR) is 78.8 cm³/mol. The Morgan fingerprint density at radius 2 is 1.90 bits per heavy atom. The van der Waals surface area contributed by atoms with Crippen molar-refractivity contribution in [3.63, 3.8) is 0 Å². The van der Waals surface area contributed by atoms with E-state index in [0.29, 0.717) is 0 Å². The summed E-state index contributed by atoms with van der Waals surface area (Å²) in [5.41, 5.74) is 7.70. The number of hydrogen-bond donors (Lipinski definition) is 2. The standard InChI is InChI=1S/C15H22N4O/c16-15(17-20)14-4-2-1-3-12(14)11-18-7-9-19(10-8-18)13-5-6-13/h1-4,13,20H,5-11H2,(H2,16,17). The molecule has 5 heteroatoms. The van der Waals surface area contributed by atoms with Gasteiger partial charge in [-0.05, 0) is 18.4 Å². The third kappa shape index (κ3) is 2.94. The summed E-state index contributed by atoms with van der Waals surface area (Å²) in [4.78, 5) is 5.05. The van der Waals surface area contributed by atoms with Crippen LogP contribution in [0.3, 0.4) is 0 Å². The van der Waals surface area contributed by atoms with Gasteiger partial charge in [0.25, 0.3) is 0 Å². The van der Waals surface area contributed by atoms with Crippen LogP contribution in [-0.4, -0.2) is 53.1 Å². The molecule has 1 saturated heterocycles. The number of nitrogens with two attached hydrogens (primary N) is 1. The van der Waals surface area contributed by atoms with Crippen molar-refractivity contribution in [2.45, 2.75) is 25.4 Å². The molecule has 1 aliphatic heterocycles. The highest BCUT2D eigenvalue weighted by molar-refractivity contribution is 5.98. The number of rotatable bonds is 4. The maximum atomic E-state index is 8.86. The van der Waals surface area contributed by atoms with Gasteiger partial charge in [0.1, 0.15) is 0 Å². The number of benzene rings is 1. The maximum Gasteiger partial charge on any atom is 0.170 e. The Bertz CT molecular complexity index is 490. The molecule has 0 amide bonds. The lowest BCUT2D eigenvalue weighted by Crippen LogP contribution is -2.46. The number of amidine groups is 1. The van der Waals surface area contributed by atoms with E-state index in [1.807, 2.05) is 18.2 Å². The lowest BCUT2D eigenvalue weighted by atomic mass is 10.1. The molecule has 0 aromatic heterocycles. The summed E-state index contributed by atoms with van der Waals surface area (Å²) in [5, 5.41) is 12.0. The van der Waals surface area contributed by atoms with Gasteiger partial charge in [-0.1, -0.05) is 29.4 Å². The number of piperazine rings is 1. The van der Waals surface area contributed by atoms with Gasteiger partial charge in [0.05, 0.1) is 0 Å². The van der Waals surface area contributed by atoms with Gasteiger partial charge in [-0.15, -0.1) is 0 Å². The Labute approximate surface area is 119 Å². The lowest BCUT2D eigenvalue weighted by Gasteiger charge is -2.35. The molecular weight excluding hydrogens is 252 g/mol. The molecule has 1 heterocycles. The number of oxime groups is 1. The van der Waals surface area contributed by atoms with Gasteiger partial charge in [0.2, 0.25) is 0 Å². The largest absolute Gasteiger partial charge is 0.409 e. The number of hydrogen-bond acceptors (Lipinski definition) is 4. The van der Waals surface area contributed by atoms with E-state index >= 15 is 0 Å². The fourth-order valence-corrected chi connectivity index (χ4v) is 2.93. The molecule has 0 radical (unpaired) electrons. The molecule has 3 N–H and O–H groups in total. The molecule has 0 spiro atoms. The van der Waals surface area contributed by atoms with Crippen LogP contribution < -0.4 is 5.73 Å². The topological polar surface area (TPSA) is 65.1 Å². The van der Waals surface area contributed by atoms with Crippen LogP contribution in [0.15, 0.2) is 29.4 Å². The van der Waals surface area contributed by atoms with E-state index in [-0.39, 0.29) is 5.84 Å². The van der Waals surface area contributed by atoms with Gasteiger partial charge in [-0.2, -0.15) is 0 Å². The Morgan fingerprint density at radius 1 is 1.20 bits per heavy atom. The van der Waals surface area contributed by atoms with Gasteiger partial charge < -0.3 is 10.9 Å². The Balaban J connectivity index is 1.63. The average molecular weight is 274 g/mol. The molecular formula is C15H22N4O. The van der Waals surface area contributed by atoms with Crippen molar-refractivity contribution in [1.29, 1.82) is 0 Å². The lowest BCUT2D eigenvalue weighted by molar-refractivity contribution is 0.121. The third-order valence-corrected chi connectivity index (χ3v) is 4.27. The molecule has 0 atom stereocenters. The minimum atomic E-state index is 0.192. The minimum Gasteiger partial charge on any atom is -0.409 e. The first-order chi connectivity index (χ1) is 9.78. The van der Waals surface area contributed by atoms with Crippen molar-refractivity contribution in [3.05, 3.63) is 35.4 Å².